The Bertz CT molecular complexity index is 511. The van der Waals surface area contributed by atoms with Crippen LogP contribution in [0.15, 0.2) is 12.4 Å². The molecular weight excluding hydrogens is 268 g/mol. The Morgan fingerprint density at radius 2 is 2.10 bits per heavy atom. The third-order valence-electron chi connectivity index (χ3n) is 3.42. The second-order valence-electron chi connectivity index (χ2n) is 6.64. The van der Waals surface area contributed by atoms with Crippen molar-refractivity contribution in [2.24, 2.45) is 5.41 Å². The molecule has 1 unspecified atom stereocenters. The van der Waals surface area contributed by atoms with Crippen LogP contribution in [0, 0.1) is 5.41 Å². The zero-order chi connectivity index (χ0) is 15.6. The van der Waals surface area contributed by atoms with Gasteiger partial charge in [0, 0.05) is 32.5 Å². The van der Waals surface area contributed by atoms with Crippen LogP contribution < -0.4 is 9.64 Å². The van der Waals surface area contributed by atoms with E-state index in [0.717, 1.165) is 18.8 Å². The van der Waals surface area contributed by atoms with E-state index in [9.17, 15) is 4.79 Å². The summed E-state index contributed by atoms with van der Waals surface area (Å²) in [7, 11) is 3.82. The predicted molar refractivity (Wildman–Crippen MR) is 81.4 cm³/mol. The van der Waals surface area contributed by atoms with Crippen LogP contribution in [-0.4, -0.2) is 54.1 Å². The number of carbonyl (C=O) groups excluding carboxylic acids is 1. The van der Waals surface area contributed by atoms with E-state index in [1.807, 2.05) is 44.7 Å². The number of likely N-dealkylation sites (tertiary alicyclic amines) is 1. The van der Waals surface area contributed by atoms with E-state index in [0.29, 0.717) is 12.4 Å². The van der Waals surface area contributed by atoms with Gasteiger partial charge in [0.25, 0.3) is 0 Å². The van der Waals surface area contributed by atoms with Gasteiger partial charge in [0.05, 0.1) is 18.9 Å². The summed E-state index contributed by atoms with van der Waals surface area (Å²) in [4.78, 5) is 24.5. The number of aromatic nitrogens is 2. The third kappa shape index (κ3) is 3.83. The molecule has 116 valence electrons. The number of hydrogen-bond donors (Lipinski definition) is 0. The molecule has 6 heteroatoms. The first-order valence-electron chi connectivity index (χ1n) is 7.23. The zero-order valence-electron chi connectivity index (χ0n) is 13.5. The third-order valence-corrected chi connectivity index (χ3v) is 3.42. The first-order valence-corrected chi connectivity index (χ1v) is 7.23. The Morgan fingerprint density at radius 1 is 1.38 bits per heavy atom. The Morgan fingerprint density at radius 3 is 2.71 bits per heavy atom. The van der Waals surface area contributed by atoms with Gasteiger partial charge >= 0.3 is 0 Å². The molecule has 1 aliphatic rings. The lowest BCUT2D eigenvalue weighted by Gasteiger charge is -2.25. The lowest BCUT2D eigenvalue weighted by molar-refractivity contribution is -0.138. The quantitative estimate of drug-likeness (QED) is 0.846. The topological polar surface area (TPSA) is 58.6 Å². The minimum atomic E-state index is -0.348. The summed E-state index contributed by atoms with van der Waals surface area (Å²) in [5.74, 6) is 1.44. The highest BCUT2D eigenvalue weighted by molar-refractivity contribution is 5.81. The average molecular weight is 292 g/mol. The van der Waals surface area contributed by atoms with Crippen LogP contribution in [0.1, 0.15) is 27.2 Å². The van der Waals surface area contributed by atoms with E-state index in [4.69, 9.17) is 4.74 Å². The van der Waals surface area contributed by atoms with E-state index in [1.54, 1.807) is 12.4 Å². The van der Waals surface area contributed by atoms with Gasteiger partial charge in [0.15, 0.2) is 5.82 Å². The summed E-state index contributed by atoms with van der Waals surface area (Å²) in [6.45, 7) is 7.17. The van der Waals surface area contributed by atoms with Gasteiger partial charge in [-0.15, -0.1) is 0 Å². The van der Waals surface area contributed by atoms with Gasteiger partial charge in [0.2, 0.25) is 11.8 Å². The maximum atomic E-state index is 12.2. The number of carbonyl (C=O) groups is 1. The molecule has 0 radical (unpaired) electrons. The van der Waals surface area contributed by atoms with Gasteiger partial charge in [-0.1, -0.05) is 20.8 Å². The molecule has 2 heterocycles. The summed E-state index contributed by atoms with van der Waals surface area (Å²) in [6, 6.07) is 0. The van der Waals surface area contributed by atoms with Gasteiger partial charge < -0.3 is 14.5 Å². The molecule has 0 bridgehead atoms. The molecule has 1 atom stereocenters. The average Bonchev–Trinajstić information content (AvgIpc) is 2.85. The minimum Gasteiger partial charge on any atom is -0.471 e. The molecule has 21 heavy (non-hydrogen) atoms. The van der Waals surface area contributed by atoms with Gasteiger partial charge in [0.1, 0.15) is 6.10 Å². The van der Waals surface area contributed by atoms with Crippen molar-refractivity contribution >= 4 is 11.7 Å². The molecule has 1 aliphatic heterocycles. The van der Waals surface area contributed by atoms with Gasteiger partial charge in [-0.05, 0) is 0 Å². The lowest BCUT2D eigenvalue weighted by atomic mass is 9.95. The lowest BCUT2D eigenvalue weighted by Crippen LogP contribution is -2.38. The molecule has 1 amide bonds. The zero-order valence-corrected chi connectivity index (χ0v) is 13.5. The predicted octanol–water partition coefficient (Wildman–Crippen LogP) is 1.57. The highest BCUT2D eigenvalue weighted by Gasteiger charge is 2.33. The Hall–Kier alpha value is -1.85. The van der Waals surface area contributed by atoms with Crippen molar-refractivity contribution in [1.82, 2.24) is 14.9 Å². The van der Waals surface area contributed by atoms with E-state index in [1.165, 1.54) is 0 Å². The maximum absolute atomic E-state index is 12.2. The Balaban J connectivity index is 1.97. The van der Waals surface area contributed by atoms with Gasteiger partial charge in [-0.25, -0.2) is 0 Å². The van der Waals surface area contributed by atoms with Crippen molar-refractivity contribution in [2.45, 2.75) is 33.3 Å². The molecule has 1 aromatic rings. The van der Waals surface area contributed by atoms with Crippen LogP contribution in [0.5, 0.6) is 5.88 Å². The summed E-state index contributed by atoms with van der Waals surface area (Å²) in [6.07, 6.45) is 4.12. The monoisotopic (exact) mass is 292 g/mol. The number of ether oxygens (including phenoxy) is 1. The van der Waals surface area contributed by atoms with Crippen molar-refractivity contribution in [3.63, 3.8) is 0 Å². The first-order chi connectivity index (χ1) is 9.77. The largest absolute Gasteiger partial charge is 0.471 e. The van der Waals surface area contributed by atoms with Crippen molar-refractivity contribution < 1.29 is 9.53 Å². The number of rotatable bonds is 3. The van der Waals surface area contributed by atoms with Crippen LogP contribution in [0.4, 0.5) is 5.82 Å². The number of nitrogens with zero attached hydrogens (tertiary/aromatic N) is 4. The molecule has 0 aromatic carbocycles. The van der Waals surface area contributed by atoms with E-state index >= 15 is 0 Å². The highest BCUT2D eigenvalue weighted by atomic mass is 16.5. The van der Waals surface area contributed by atoms with Crippen molar-refractivity contribution in [3.05, 3.63) is 12.4 Å². The van der Waals surface area contributed by atoms with Crippen LogP contribution in [0.2, 0.25) is 0 Å². The maximum Gasteiger partial charge on any atom is 0.234 e. The fourth-order valence-corrected chi connectivity index (χ4v) is 2.26. The normalized spacial score (nSPS) is 18.7. The van der Waals surface area contributed by atoms with Crippen molar-refractivity contribution in [2.75, 3.05) is 32.1 Å². The summed E-state index contributed by atoms with van der Waals surface area (Å²) in [5, 5.41) is 0. The Kier molecular flexibility index (Phi) is 4.34. The van der Waals surface area contributed by atoms with Gasteiger partial charge in [-0.2, -0.15) is 4.98 Å². The second-order valence-corrected chi connectivity index (χ2v) is 6.64. The molecule has 0 N–H and O–H groups in total. The summed E-state index contributed by atoms with van der Waals surface area (Å²) >= 11 is 0. The van der Waals surface area contributed by atoms with E-state index < -0.39 is 0 Å². The number of amides is 1. The molecule has 1 fully saturated rings. The Labute approximate surface area is 126 Å². The van der Waals surface area contributed by atoms with Gasteiger partial charge in [-0.3, -0.25) is 9.78 Å². The highest BCUT2D eigenvalue weighted by Crippen LogP contribution is 2.23. The molecular formula is C15H24N4O2. The molecule has 0 saturated carbocycles. The van der Waals surface area contributed by atoms with Crippen LogP contribution >= 0.6 is 0 Å². The van der Waals surface area contributed by atoms with Crippen molar-refractivity contribution in [3.8, 4) is 5.88 Å². The SMILES string of the molecule is CN(C)c1cncc(OC2CCN(C(=O)C(C)(C)C)C2)n1. The van der Waals surface area contributed by atoms with Crippen molar-refractivity contribution in [1.29, 1.82) is 0 Å². The molecule has 2 rings (SSSR count). The van der Waals surface area contributed by atoms with Crippen LogP contribution in [0.25, 0.3) is 0 Å². The summed E-state index contributed by atoms with van der Waals surface area (Å²) < 4.78 is 5.87. The van der Waals surface area contributed by atoms with Crippen LogP contribution in [0.3, 0.4) is 0 Å². The minimum absolute atomic E-state index is 0.0111. The van der Waals surface area contributed by atoms with E-state index in [-0.39, 0.29) is 17.4 Å². The molecule has 1 saturated heterocycles. The second kappa shape index (κ2) is 5.87. The first kappa shape index (κ1) is 15.5. The number of hydrogen-bond acceptors (Lipinski definition) is 5. The number of anilines is 1. The molecule has 6 nitrogen and oxygen atoms in total. The molecule has 0 spiro atoms. The molecule has 1 aromatic heterocycles. The van der Waals surface area contributed by atoms with Crippen LogP contribution in [-0.2, 0) is 4.79 Å². The fourth-order valence-electron chi connectivity index (χ4n) is 2.26. The standard InChI is InChI=1S/C15H24N4O2/c1-15(2,3)14(20)19-7-6-11(10-19)21-13-9-16-8-12(17-13)18(4)5/h8-9,11H,6-7,10H2,1-5H3. The summed E-state index contributed by atoms with van der Waals surface area (Å²) in [5.41, 5.74) is -0.348. The van der Waals surface area contributed by atoms with E-state index in [2.05, 4.69) is 9.97 Å². The fraction of sp³-hybridized carbons (Fsp3) is 0.667. The smallest absolute Gasteiger partial charge is 0.234 e. The molecule has 0 aliphatic carbocycles.